The molecule has 0 spiro atoms. The van der Waals surface area contributed by atoms with Crippen molar-refractivity contribution in [3.63, 3.8) is 0 Å². The molecule has 2 aromatic rings. The van der Waals surface area contributed by atoms with Crippen LogP contribution in [0.1, 0.15) is 37.8 Å². The molecule has 0 unspecified atom stereocenters. The van der Waals surface area contributed by atoms with Crippen LogP contribution in [0.5, 0.6) is 11.5 Å². The van der Waals surface area contributed by atoms with E-state index < -0.39 is 10.8 Å². The van der Waals surface area contributed by atoms with Crippen molar-refractivity contribution in [2.75, 3.05) is 18.5 Å². The fraction of sp³-hybridized carbons (Fsp3) is 0.350. The molecule has 2 aromatic carbocycles. The maximum absolute atomic E-state index is 12.2. The molecule has 1 N–H and O–H groups in total. The maximum atomic E-state index is 12.2. The fourth-order valence-corrected chi connectivity index (χ4v) is 2.60. The Bertz CT molecular complexity index is 833. The predicted molar refractivity (Wildman–Crippen MR) is 104 cm³/mol. The Morgan fingerprint density at radius 1 is 1.19 bits per heavy atom. The van der Waals surface area contributed by atoms with Gasteiger partial charge >= 0.3 is 0 Å². The number of rotatable bonds is 8. The van der Waals surface area contributed by atoms with Crippen molar-refractivity contribution in [1.82, 2.24) is 0 Å². The number of amides is 1. The van der Waals surface area contributed by atoms with Gasteiger partial charge in [0.15, 0.2) is 6.61 Å². The Morgan fingerprint density at radius 3 is 2.56 bits per heavy atom. The van der Waals surface area contributed by atoms with E-state index in [1.165, 1.54) is 12.1 Å². The molecule has 27 heavy (non-hydrogen) atoms. The van der Waals surface area contributed by atoms with Gasteiger partial charge in [0.05, 0.1) is 17.6 Å². The largest absolute Gasteiger partial charge is 0.494 e. The summed E-state index contributed by atoms with van der Waals surface area (Å²) < 4.78 is 10.9. The molecular formula is C20H24N2O5. The lowest BCUT2D eigenvalue weighted by atomic mass is 10.0. The molecule has 0 saturated carbocycles. The average molecular weight is 372 g/mol. The molecule has 2 rings (SSSR count). The number of benzene rings is 2. The van der Waals surface area contributed by atoms with Gasteiger partial charge in [-0.3, -0.25) is 14.9 Å². The summed E-state index contributed by atoms with van der Waals surface area (Å²) in [4.78, 5) is 23.0. The van der Waals surface area contributed by atoms with Crippen molar-refractivity contribution in [3.05, 3.63) is 57.6 Å². The molecule has 0 aliphatic carbocycles. The molecule has 0 aliphatic heterocycles. The summed E-state index contributed by atoms with van der Waals surface area (Å²) >= 11 is 0. The highest BCUT2D eigenvalue weighted by molar-refractivity contribution is 5.94. The van der Waals surface area contributed by atoms with Crippen LogP contribution < -0.4 is 14.8 Å². The summed E-state index contributed by atoms with van der Waals surface area (Å²) in [5, 5.41) is 13.8. The minimum atomic E-state index is -0.559. The second-order valence-corrected chi connectivity index (χ2v) is 6.40. The van der Waals surface area contributed by atoms with E-state index in [-0.39, 0.29) is 23.9 Å². The van der Waals surface area contributed by atoms with Crippen LogP contribution in [0.25, 0.3) is 0 Å². The van der Waals surface area contributed by atoms with E-state index in [4.69, 9.17) is 9.47 Å². The quantitative estimate of drug-likeness (QED) is 0.546. The first-order valence-electron chi connectivity index (χ1n) is 8.76. The Kier molecular flexibility index (Phi) is 6.76. The van der Waals surface area contributed by atoms with Crippen molar-refractivity contribution in [3.8, 4) is 11.5 Å². The Hall–Kier alpha value is -3.09. The molecule has 0 radical (unpaired) electrons. The summed E-state index contributed by atoms with van der Waals surface area (Å²) in [5.74, 6) is 0.787. The molecule has 7 heteroatoms. The second-order valence-electron chi connectivity index (χ2n) is 6.40. The minimum absolute atomic E-state index is 0.102. The van der Waals surface area contributed by atoms with Crippen LogP contribution in [-0.4, -0.2) is 24.0 Å². The molecule has 0 bridgehead atoms. The SMILES string of the molecule is CCOc1ccc(NC(=O)COc2cc(C)ccc2C(C)C)c([N+](=O)[O-])c1. The highest BCUT2D eigenvalue weighted by Crippen LogP contribution is 2.30. The second kappa shape index (κ2) is 9.02. The number of carbonyl (C=O) groups is 1. The summed E-state index contributed by atoms with van der Waals surface area (Å²) in [6, 6.07) is 10.2. The van der Waals surface area contributed by atoms with Gasteiger partial charge in [-0.15, -0.1) is 0 Å². The first-order valence-corrected chi connectivity index (χ1v) is 8.76. The van der Waals surface area contributed by atoms with Crippen molar-refractivity contribution in [2.45, 2.75) is 33.6 Å². The van der Waals surface area contributed by atoms with Gasteiger partial charge < -0.3 is 14.8 Å². The summed E-state index contributed by atoms with van der Waals surface area (Å²) in [6.07, 6.45) is 0. The lowest BCUT2D eigenvalue weighted by Crippen LogP contribution is -2.21. The molecule has 0 heterocycles. The minimum Gasteiger partial charge on any atom is -0.494 e. The molecule has 7 nitrogen and oxygen atoms in total. The number of nitrogens with zero attached hydrogens (tertiary/aromatic N) is 1. The van der Waals surface area contributed by atoms with Crippen LogP contribution in [0.2, 0.25) is 0 Å². The van der Waals surface area contributed by atoms with Gasteiger partial charge in [0.25, 0.3) is 11.6 Å². The monoisotopic (exact) mass is 372 g/mol. The lowest BCUT2D eigenvalue weighted by Gasteiger charge is -2.15. The van der Waals surface area contributed by atoms with Gasteiger partial charge in [0.1, 0.15) is 17.2 Å². The number of nitro benzene ring substituents is 1. The molecular weight excluding hydrogens is 348 g/mol. The third-order valence-electron chi connectivity index (χ3n) is 3.90. The number of ether oxygens (including phenoxy) is 2. The standard InChI is InChI=1S/C20H24N2O5/c1-5-26-15-7-9-17(18(11-15)22(24)25)21-20(23)12-27-19-10-14(4)6-8-16(19)13(2)3/h6-11,13H,5,12H2,1-4H3,(H,21,23). The number of nitro groups is 1. The number of anilines is 1. The molecule has 0 aromatic heterocycles. The van der Waals surface area contributed by atoms with Crippen LogP contribution >= 0.6 is 0 Å². The highest BCUT2D eigenvalue weighted by atomic mass is 16.6. The van der Waals surface area contributed by atoms with E-state index >= 15 is 0 Å². The third-order valence-corrected chi connectivity index (χ3v) is 3.90. The van der Waals surface area contributed by atoms with Crippen LogP contribution in [0.4, 0.5) is 11.4 Å². The Morgan fingerprint density at radius 2 is 1.93 bits per heavy atom. The fourth-order valence-electron chi connectivity index (χ4n) is 2.60. The van der Waals surface area contributed by atoms with E-state index in [2.05, 4.69) is 5.32 Å². The molecule has 1 amide bonds. The molecule has 144 valence electrons. The zero-order chi connectivity index (χ0) is 20.0. The van der Waals surface area contributed by atoms with Crippen molar-refractivity contribution in [2.24, 2.45) is 0 Å². The summed E-state index contributed by atoms with van der Waals surface area (Å²) in [6.45, 7) is 7.97. The lowest BCUT2D eigenvalue weighted by molar-refractivity contribution is -0.384. The normalized spacial score (nSPS) is 10.6. The third kappa shape index (κ3) is 5.44. The van der Waals surface area contributed by atoms with Crippen LogP contribution in [0.3, 0.4) is 0 Å². The van der Waals surface area contributed by atoms with Crippen molar-refractivity contribution in [1.29, 1.82) is 0 Å². The van der Waals surface area contributed by atoms with Gasteiger partial charge in [-0.25, -0.2) is 0 Å². The highest BCUT2D eigenvalue weighted by Gasteiger charge is 2.18. The van der Waals surface area contributed by atoms with Crippen LogP contribution in [-0.2, 0) is 4.79 Å². The van der Waals surface area contributed by atoms with Gasteiger partial charge in [-0.05, 0) is 49.1 Å². The topological polar surface area (TPSA) is 90.7 Å². The van der Waals surface area contributed by atoms with E-state index in [1.807, 2.05) is 39.0 Å². The number of aryl methyl sites for hydroxylation is 1. The van der Waals surface area contributed by atoms with E-state index in [0.717, 1.165) is 11.1 Å². The smallest absolute Gasteiger partial charge is 0.296 e. The maximum Gasteiger partial charge on any atom is 0.296 e. The molecule has 0 saturated heterocycles. The van der Waals surface area contributed by atoms with E-state index in [9.17, 15) is 14.9 Å². The number of nitrogens with one attached hydrogen (secondary N) is 1. The van der Waals surface area contributed by atoms with Gasteiger partial charge in [0, 0.05) is 0 Å². The zero-order valence-corrected chi connectivity index (χ0v) is 15.9. The molecule has 0 aliphatic rings. The number of hydrogen-bond acceptors (Lipinski definition) is 5. The summed E-state index contributed by atoms with van der Waals surface area (Å²) in [5.41, 5.74) is 1.90. The first kappa shape index (κ1) is 20.2. The summed E-state index contributed by atoms with van der Waals surface area (Å²) in [7, 11) is 0. The molecule has 0 atom stereocenters. The van der Waals surface area contributed by atoms with Crippen molar-refractivity contribution < 1.29 is 19.2 Å². The number of carbonyl (C=O) groups excluding carboxylic acids is 1. The van der Waals surface area contributed by atoms with Crippen LogP contribution in [0.15, 0.2) is 36.4 Å². The van der Waals surface area contributed by atoms with Gasteiger partial charge in [-0.2, -0.15) is 0 Å². The Labute approximate surface area is 158 Å². The number of hydrogen-bond donors (Lipinski definition) is 1. The van der Waals surface area contributed by atoms with Crippen molar-refractivity contribution >= 4 is 17.3 Å². The first-order chi connectivity index (χ1) is 12.8. The van der Waals surface area contributed by atoms with E-state index in [0.29, 0.717) is 18.1 Å². The van der Waals surface area contributed by atoms with Gasteiger partial charge in [0.2, 0.25) is 0 Å². The Balaban J connectivity index is 2.10. The van der Waals surface area contributed by atoms with Gasteiger partial charge in [-0.1, -0.05) is 26.0 Å². The van der Waals surface area contributed by atoms with Crippen LogP contribution in [0, 0.1) is 17.0 Å². The van der Waals surface area contributed by atoms with E-state index in [1.54, 1.807) is 13.0 Å². The predicted octanol–water partition coefficient (Wildman–Crippen LogP) is 4.44. The molecule has 0 fully saturated rings. The average Bonchev–Trinajstić information content (AvgIpc) is 2.61. The zero-order valence-electron chi connectivity index (χ0n) is 15.9.